The first-order valence-corrected chi connectivity index (χ1v) is 22.7. The number of carbonyl (C=O) groups is 2. The second-order valence-corrected chi connectivity index (χ2v) is 15.1. The molecule has 0 aliphatic heterocycles. The summed E-state index contributed by atoms with van der Waals surface area (Å²) in [6.45, 7) is 6.26. The van der Waals surface area contributed by atoms with Crippen molar-refractivity contribution >= 4 is 11.9 Å². The number of allylic oxidation sites excluding steroid dienone is 11. The minimum atomic E-state index is -0.820. The molecule has 316 valence electrons. The summed E-state index contributed by atoms with van der Waals surface area (Å²) >= 11 is 0. The Balaban J connectivity index is 4.81. The van der Waals surface area contributed by atoms with Crippen molar-refractivity contribution in [2.75, 3.05) is 6.61 Å². The molecule has 0 saturated heterocycles. The van der Waals surface area contributed by atoms with E-state index in [9.17, 15) is 19.8 Å². The van der Waals surface area contributed by atoms with Crippen LogP contribution in [0.5, 0.6) is 0 Å². The molecule has 0 aromatic heterocycles. The van der Waals surface area contributed by atoms with Crippen LogP contribution < -0.4 is 5.32 Å². The molecule has 6 heteroatoms. The van der Waals surface area contributed by atoms with Gasteiger partial charge in [-0.3, -0.25) is 9.59 Å². The quantitative estimate of drug-likeness (QED) is 0.0329. The molecule has 0 radical (unpaired) electrons. The van der Waals surface area contributed by atoms with E-state index in [1.165, 1.54) is 77.0 Å². The predicted octanol–water partition coefficient (Wildman–Crippen LogP) is 13.1. The van der Waals surface area contributed by atoms with Crippen molar-refractivity contribution in [3.63, 3.8) is 0 Å². The summed E-state index contributed by atoms with van der Waals surface area (Å²) in [7, 11) is 0. The Morgan fingerprint density at radius 2 is 1.04 bits per heavy atom. The Morgan fingerprint density at radius 1 is 0.564 bits per heavy atom. The lowest BCUT2D eigenvalue weighted by molar-refractivity contribution is -0.148. The summed E-state index contributed by atoms with van der Waals surface area (Å²) in [6.07, 6.45) is 52.7. The second-order valence-electron chi connectivity index (χ2n) is 15.1. The van der Waals surface area contributed by atoms with E-state index < -0.39 is 18.2 Å². The third-order valence-corrected chi connectivity index (χ3v) is 9.76. The van der Waals surface area contributed by atoms with Crippen molar-refractivity contribution in [3.05, 3.63) is 72.9 Å². The van der Waals surface area contributed by atoms with Crippen LogP contribution in [0.15, 0.2) is 72.9 Å². The zero-order valence-electron chi connectivity index (χ0n) is 35.8. The number of unbranched alkanes of at least 4 members (excludes halogenated alkanes) is 17. The fourth-order valence-electron chi connectivity index (χ4n) is 6.31. The van der Waals surface area contributed by atoms with Gasteiger partial charge in [0.25, 0.3) is 0 Å². The Hall–Kier alpha value is -2.70. The van der Waals surface area contributed by atoms with Gasteiger partial charge in [0, 0.05) is 6.42 Å². The van der Waals surface area contributed by atoms with Crippen molar-refractivity contribution in [1.82, 2.24) is 5.32 Å². The van der Waals surface area contributed by atoms with Gasteiger partial charge in [0.2, 0.25) is 5.91 Å². The van der Waals surface area contributed by atoms with Gasteiger partial charge in [-0.05, 0) is 70.3 Å². The van der Waals surface area contributed by atoms with Crippen molar-refractivity contribution in [2.45, 2.75) is 219 Å². The number of hydrogen-bond donors (Lipinski definition) is 3. The zero-order valence-corrected chi connectivity index (χ0v) is 35.8. The van der Waals surface area contributed by atoms with Crippen LogP contribution in [0.4, 0.5) is 0 Å². The normalized spacial score (nSPS) is 14.1. The van der Waals surface area contributed by atoms with Crippen molar-refractivity contribution in [1.29, 1.82) is 0 Å². The van der Waals surface area contributed by atoms with Gasteiger partial charge < -0.3 is 20.3 Å². The molecule has 0 rings (SSSR count). The van der Waals surface area contributed by atoms with Gasteiger partial charge in [-0.15, -0.1) is 0 Å². The molecule has 3 unspecified atom stereocenters. The summed E-state index contributed by atoms with van der Waals surface area (Å²) in [4.78, 5) is 25.9. The van der Waals surface area contributed by atoms with Gasteiger partial charge in [0.05, 0.1) is 25.2 Å². The second kappa shape index (κ2) is 42.4. The van der Waals surface area contributed by atoms with Crippen LogP contribution in [0.25, 0.3) is 0 Å². The van der Waals surface area contributed by atoms with Crippen LogP contribution in [0, 0.1) is 0 Å². The third kappa shape index (κ3) is 38.0. The number of amides is 1. The number of aliphatic hydroxyl groups is 2. The first-order valence-electron chi connectivity index (χ1n) is 22.7. The molecular weight excluding hydrogens is 683 g/mol. The van der Waals surface area contributed by atoms with Gasteiger partial charge in [-0.25, -0.2) is 0 Å². The molecule has 55 heavy (non-hydrogen) atoms. The van der Waals surface area contributed by atoms with E-state index in [1.807, 2.05) is 6.08 Å². The van der Waals surface area contributed by atoms with Crippen molar-refractivity contribution in [3.8, 4) is 0 Å². The number of esters is 1. The topological polar surface area (TPSA) is 95.9 Å². The smallest absolute Gasteiger partial charge is 0.306 e. The molecule has 0 aromatic rings. The molecule has 1 amide bonds. The predicted molar refractivity (Wildman–Crippen MR) is 236 cm³/mol. The van der Waals surface area contributed by atoms with Crippen LogP contribution in [0.2, 0.25) is 0 Å². The first-order chi connectivity index (χ1) is 27.0. The van der Waals surface area contributed by atoms with Crippen LogP contribution in [0.3, 0.4) is 0 Å². The van der Waals surface area contributed by atoms with E-state index in [-0.39, 0.29) is 24.9 Å². The molecule has 0 aliphatic rings. The monoisotopic (exact) mass is 768 g/mol. The lowest BCUT2D eigenvalue weighted by atomic mass is 10.0. The number of aliphatic hydroxyl groups excluding tert-OH is 2. The molecule has 0 saturated carbocycles. The Labute approximate surface area is 339 Å². The Bertz CT molecular complexity index is 1040. The number of carbonyl (C=O) groups excluding carboxylic acids is 2. The molecule has 0 spiro atoms. The maximum Gasteiger partial charge on any atom is 0.306 e. The van der Waals surface area contributed by atoms with E-state index in [0.29, 0.717) is 19.3 Å². The number of ether oxygens (including phenoxy) is 1. The average Bonchev–Trinajstić information content (AvgIpc) is 3.18. The average molecular weight is 768 g/mol. The SMILES string of the molecule is CC/C=C/C/C=C/C/C=C/C/C=C/C/C=C/C(CC(=O)NC(CO)C(O)CCCCCCCCCCCCC)OC(=O)CCCCCCC/C=C\CCCC. The summed E-state index contributed by atoms with van der Waals surface area (Å²) in [5.41, 5.74) is 0. The van der Waals surface area contributed by atoms with E-state index >= 15 is 0 Å². The molecule has 3 N–H and O–H groups in total. The van der Waals surface area contributed by atoms with Gasteiger partial charge >= 0.3 is 5.97 Å². The number of hydrogen-bond acceptors (Lipinski definition) is 5. The highest BCUT2D eigenvalue weighted by Gasteiger charge is 2.23. The molecule has 0 aromatic carbocycles. The molecule has 0 heterocycles. The molecule has 6 nitrogen and oxygen atoms in total. The molecule has 0 fully saturated rings. The summed E-state index contributed by atoms with van der Waals surface area (Å²) in [6, 6.07) is -0.743. The van der Waals surface area contributed by atoms with E-state index in [1.54, 1.807) is 6.08 Å². The van der Waals surface area contributed by atoms with E-state index in [2.05, 4.69) is 86.8 Å². The van der Waals surface area contributed by atoms with Crippen LogP contribution >= 0.6 is 0 Å². The fraction of sp³-hybridized carbons (Fsp3) is 0.714. The Kier molecular flexibility index (Phi) is 40.4. The van der Waals surface area contributed by atoms with Gasteiger partial charge in [-0.2, -0.15) is 0 Å². The Morgan fingerprint density at radius 3 is 1.58 bits per heavy atom. The lowest BCUT2D eigenvalue weighted by Crippen LogP contribution is -2.46. The van der Waals surface area contributed by atoms with Crippen LogP contribution in [-0.2, 0) is 14.3 Å². The zero-order chi connectivity index (χ0) is 40.3. The minimum absolute atomic E-state index is 0.0517. The highest BCUT2D eigenvalue weighted by Crippen LogP contribution is 2.15. The van der Waals surface area contributed by atoms with Crippen molar-refractivity contribution < 1.29 is 24.5 Å². The molecule has 0 aliphatic carbocycles. The summed E-state index contributed by atoms with van der Waals surface area (Å²) < 4.78 is 5.78. The van der Waals surface area contributed by atoms with Gasteiger partial charge in [0.15, 0.2) is 0 Å². The van der Waals surface area contributed by atoms with E-state index in [0.717, 1.165) is 77.0 Å². The van der Waals surface area contributed by atoms with E-state index in [4.69, 9.17) is 4.74 Å². The molecular formula is C49H85NO5. The molecule has 3 atom stereocenters. The van der Waals surface area contributed by atoms with Crippen LogP contribution in [0.1, 0.15) is 201 Å². The van der Waals surface area contributed by atoms with Crippen LogP contribution in [-0.4, -0.2) is 46.9 Å². The van der Waals surface area contributed by atoms with Gasteiger partial charge in [0.1, 0.15) is 6.10 Å². The standard InChI is InChI=1S/C49H85NO5/c1-4-7-10-13-16-19-22-23-24-27-28-31-34-37-40-45(55-49(54)42-39-36-33-30-26-21-18-15-12-9-6-3)43-48(53)50-46(44-51)47(52)41-38-35-32-29-25-20-17-14-11-8-5-2/h7,10,15-16,18-19,23-24,28,31,37,40,45-47,51-52H,4-6,8-9,11-14,17,20-22,25-27,29-30,32-36,38-39,41-44H2,1-3H3,(H,50,53)/b10-7+,18-15-,19-16+,24-23+,31-28+,40-37+. The fourth-order valence-corrected chi connectivity index (χ4v) is 6.31. The first kappa shape index (κ1) is 52.3. The highest BCUT2D eigenvalue weighted by atomic mass is 16.5. The third-order valence-electron chi connectivity index (χ3n) is 9.76. The summed E-state index contributed by atoms with van der Waals surface area (Å²) in [5.74, 6) is -0.646. The largest absolute Gasteiger partial charge is 0.458 e. The maximum absolute atomic E-state index is 13.1. The molecule has 0 bridgehead atoms. The minimum Gasteiger partial charge on any atom is -0.458 e. The lowest BCUT2D eigenvalue weighted by Gasteiger charge is -2.23. The highest BCUT2D eigenvalue weighted by molar-refractivity contribution is 5.78. The number of rotatable bonds is 39. The van der Waals surface area contributed by atoms with Crippen molar-refractivity contribution in [2.24, 2.45) is 0 Å². The number of nitrogens with one attached hydrogen (secondary N) is 1. The summed E-state index contributed by atoms with van der Waals surface area (Å²) in [5, 5.41) is 23.5. The maximum atomic E-state index is 13.1. The van der Waals surface area contributed by atoms with Gasteiger partial charge in [-0.1, -0.05) is 190 Å².